The largest absolute Gasteiger partial charge is 0.496 e. The molecule has 0 aromatic carbocycles. The number of nitrogens with zero attached hydrogens (tertiary/aromatic N) is 13. The number of fused-ring (bicyclic) bond motifs is 5. The smallest absolute Gasteiger partial charge is 0.399 e. The van der Waals surface area contributed by atoms with E-state index in [0.717, 1.165) is 89.1 Å². The SMILES string of the molecule is Brc1cnc2c(c1)CC=C2.CC1(C)OB(c2cnc3c(-c4cnn(CC(F)(F)F)c4)cn(CC4CCC(F)(F)CC4)c3c2)OC1(C)C.FC(F)(F)Cn1cc(-c2cn(CC3CCC(F)(F)CC3)c3cc(Br)cnc23)cn1.FC1(F)CCC(Cn2cc(I)c3ncc(Br)cc32)CC1.FC1(F)CCC(Cn2ccc3ncc(Br)cc32)CC1. The Morgan fingerprint density at radius 3 is 1.28 bits per heavy atom. The predicted molar refractivity (Wildman–Crippen MR) is 437 cm³/mol. The minimum absolute atomic E-state index is 0.0237. The number of halogens is 19. The van der Waals surface area contributed by atoms with Gasteiger partial charge in [-0.3, -0.25) is 34.3 Å². The van der Waals surface area contributed by atoms with E-state index in [2.05, 4.69) is 155 Å². The molecule has 17 rings (SSSR count). The van der Waals surface area contributed by atoms with Gasteiger partial charge in [-0.15, -0.1) is 0 Å². The lowest BCUT2D eigenvalue weighted by Crippen LogP contribution is -2.41. The van der Waals surface area contributed by atoms with Crippen molar-refractivity contribution in [2.24, 2.45) is 23.7 Å². The third-order valence-corrected chi connectivity index (χ3v) is 25.0. The molecular formula is C80H83BBr4F14IN13O2. The molecule has 11 aromatic heterocycles. The number of hydrogen-bond acceptors (Lipinski definition) is 9. The zero-order valence-corrected chi connectivity index (χ0v) is 71.6. The summed E-state index contributed by atoms with van der Waals surface area (Å²) in [6.07, 6.45) is 22.0. The molecule has 5 fully saturated rings. The Morgan fingerprint density at radius 1 is 0.452 bits per heavy atom. The number of allylic oxidation sites excluding steroid dienone is 1. The molecule has 0 radical (unpaired) electrons. The molecule has 115 heavy (non-hydrogen) atoms. The molecule has 0 spiro atoms. The standard InChI is InChI=1S/C25H30BF5N4O2.C19H18BrF5N4.C14H14BrF2IN2.C14H15BrF2N2.C8H6BrN/c1-22(2)23(3,4)37-26(36-22)18-9-20-21(32-11-18)19(17-10-33-35(13-17)15-25(29,30)31)14-34(20)12-16-5-7-24(27,28)8-6-16;20-14-5-16-17(26-7-14)15(13-6-27-29(9-13)11-19(23,24)25)10-28(16)8-12-1-3-18(21,22)4-2-12;15-10-5-12-13(19-6-10)11(18)8-20(12)7-9-1-3-14(16,17)4-2-9;15-11-7-13-12(18-8-11)3-6-19(13)9-10-1-4-14(16,17)5-2-10;9-7-4-6-2-1-3-8(6)10-5-7/h9-11,13-14,16H,5-8,12,15H2,1-4H3;5-7,9-10,12H,1-4,8,11H2;5-6,8-9H,1-4,7H2;3,6-8,10H,1-2,4-5,9H2;1,3-5H,2H2. The Bertz CT molecular complexity index is 5230. The van der Waals surface area contributed by atoms with Crippen molar-refractivity contribution >= 4 is 149 Å². The van der Waals surface area contributed by atoms with E-state index in [1.54, 1.807) is 24.8 Å². The molecule has 11 aromatic rings. The number of pyridine rings is 5. The van der Waals surface area contributed by atoms with E-state index in [-0.39, 0.29) is 63.2 Å². The molecular weight excluding hydrogens is 1900 g/mol. The van der Waals surface area contributed by atoms with Gasteiger partial charge in [-0.2, -0.15) is 36.5 Å². The zero-order chi connectivity index (χ0) is 82.4. The second-order valence-corrected chi connectivity index (χ2v) is 36.7. The fraction of sp³-hybridized carbons (Fsp3) is 0.487. The van der Waals surface area contributed by atoms with E-state index in [9.17, 15) is 61.5 Å². The lowest BCUT2D eigenvalue weighted by Gasteiger charge is -2.32. The normalized spacial score (nSPS) is 19.4. The Labute approximate surface area is 702 Å². The zero-order valence-electron chi connectivity index (χ0n) is 63.1. The average molecular weight is 1980 g/mol. The molecule has 1 saturated heterocycles. The molecule has 0 amide bonds. The van der Waals surface area contributed by atoms with Crippen molar-refractivity contribution in [2.75, 3.05) is 0 Å². The van der Waals surface area contributed by atoms with Gasteiger partial charge in [0.15, 0.2) is 0 Å². The van der Waals surface area contributed by atoms with Gasteiger partial charge in [-0.05, 0) is 244 Å². The van der Waals surface area contributed by atoms with Crippen LogP contribution in [-0.2, 0) is 55.0 Å². The maximum atomic E-state index is 13.7. The molecule has 4 saturated carbocycles. The first kappa shape index (κ1) is 86.6. The summed E-state index contributed by atoms with van der Waals surface area (Å²) in [6, 6.07) is 11.9. The van der Waals surface area contributed by atoms with E-state index >= 15 is 0 Å². The fourth-order valence-electron chi connectivity index (χ4n) is 15.5. The van der Waals surface area contributed by atoms with Crippen molar-refractivity contribution in [3.05, 3.63) is 156 Å². The summed E-state index contributed by atoms with van der Waals surface area (Å²) in [7, 11) is -0.642. The minimum atomic E-state index is -4.39. The summed E-state index contributed by atoms with van der Waals surface area (Å²) < 4.78 is 211. The van der Waals surface area contributed by atoms with Crippen LogP contribution >= 0.6 is 86.3 Å². The molecule has 5 aliphatic carbocycles. The third kappa shape index (κ3) is 22.2. The summed E-state index contributed by atoms with van der Waals surface area (Å²) in [4.78, 5) is 22.1. The second kappa shape index (κ2) is 34.8. The van der Waals surface area contributed by atoms with Gasteiger partial charge in [0.1, 0.15) is 18.6 Å². The molecule has 15 nitrogen and oxygen atoms in total. The highest BCUT2D eigenvalue weighted by molar-refractivity contribution is 14.1. The molecule has 12 heterocycles. The first-order chi connectivity index (χ1) is 54.1. The summed E-state index contributed by atoms with van der Waals surface area (Å²) in [5, 5.41) is 7.68. The van der Waals surface area contributed by atoms with E-state index in [0.29, 0.717) is 115 Å². The quantitative estimate of drug-likeness (QED) is 0.0627. The van der Waals surface area contributed by atoms with Crippen LogP contribution in [-0.4, -0.2) is 117 Å². The molecule has 0 unspecified atom stereocenters. The van der Waals surface area contributed by atoms with E-state index in [1.165, 1.54) is 30.4 Å². The van der Waals surface area contributed by atoms with Crippen LogP contribution in [0.3, 0.4) is 0 Å². The summed E-state index contributed by atoms with van der Waals surface area (Å²) in [6.45, 7) is 8.12. The topological polar surface area (TPSA) is 138 Å². The molecule has 35 heteroatoms. The Balaban J connectivity index is 0.000000132. The number of rotatable bonds is 13. The molecule has 616 valence electrons. The maximum absolute atomic E-state index is 13.7. The highest BCUT2D eigenvalue weighted by Crippen LogP contribution is 2.44. The van der Waals surface area contributed by atoms with Crippen LogP contribution in [0, 0.1) is 27.2 Å². The third-order valence-electron chi connectivity index (χ3n) is 22.5. The van der Waals surface area contributed by atoms with Crippen LogP contribution < -0.4 is 5.46 Å². The number of hydrogen-bond donors (Lipinski definition) is 0. The van der Waals surface area contributed by atoms with Crippen LogP contribution in [0.2, 0.25) is 0 Å². The van der Waals surface area contributed by atoms with E-state index in [1.807, 2.05) is 91.9 Å². The summed E-state index contributed by atoms with van der Waals surface area (Å²) >= 11 is 15.9. The van der Waals surface area contributed by atoms with E-state index in [4.69, 9.17) is 9.31 Å². The first-order valence-electron chi connectivity index (χ1n) is 38.0. The van der Waals surface area contributed by atoms with Crippen LogP contribution in [0.5, 0.6) is 0 Å². The second-order valence-electron chi connectivity index (χ2n) is 31.9. The Morgan fingerprint density at radius 2 is 0.826 bits per heavy atom. The van der Waals surface area contributed by atoms with Gasteiger partial charge < -0.3 is 27.6 Å². The highest BCUT2D eigenvalue weighted by atomic mass is 127. The molecule has 0 bridgehead atoms. The summed E-state index contributed by atoms with van der Waals surface area (Å²) in [5.74, 6) is -9.26. The van der Waals surface area contributed by atoms with Gasteiger partial charge in [-0.25, -0.2) is 35.1 Å². The van der Waals surface area contributed by atoms with Crippen molar-refractivity contribution in [3.8, 4) is 22.3 Å². The summed E-state index contributed by atoms with van der Waals surface area (Å²) in [5.41, 5.74) is 11.2. The lowest BCUT2D eigenvalue weighted by atomic mass is 9.80. The molecule has 0 atom stereocenters. The molecule has 1 aliphatic heterocycles. The maximum Gasteiger partial charge on any atom is 0.496 e. The van der Waals surface area contributed by atoms with Gasteiger partial charge in [0.25, 0.3) is 0 Å². The number of aromatic nitrogens is 13. The van der Waals surface area contributed by atoms with Gasteiger partial charge >= 0.3 is 19.5 Å². The number of alkyl halides is 14. The van der Waals surface area contributed by atoms with Crippen LogP contribution in [0.25, 0.3) is 72.5 Å². The highest BCUT2D eigenvalue weighted by Gasteiger charge is 2.52. The van der Waals surface area contributed by atoms with Gasteiger partial charge in [0.05, 0.1) is 71.5 Å². The predicted octanol–water partition coefficient (Wildman–Crippen LogP) is 23.9. The van der Waals surface area contributed by atoms with Crippen molar-refractivity contribution in [1.29, 1.82) is 0 Å². The van der Waals surface area contributed by atoms with Crippen molar-refractivity contribution < 1.29 is 70.8 Å². The van der Waals surface area contributed by atoms with Crippen molar-refractivity contribution in [1.82, 2.24) is 62.7 Å². The first-order valence-corrected chi connectivity index (χ1v) is 42.2. The van der Waals surface area contributed by atoms with E-state index < -0.39 is 67.5 Å². The monoisotopic (exact) mass is 1980 g/mol. The lowest BCUT2D eigenvalue weighted by molar-refractivity contribution is -0.143. The van der Waals surface area contributed by atoms with Gasteiger partial charge in [0.2, 0.25) is 23.7 Å². The van der Waals surface area contributed by atoms with Gasteiger partial charge in [-0.1, -0.05) is 6.08 Å². The Kier molecular flexibility index (Phi) is 26.2. The molecule has 6 aliphatic rings. The van der Waals surface area contributed by atoms with Crippen LogP contribution in [0.4, 0.5) is 61.5 Å². The van der Waals surface area contributed by atoms with Crippen LogP contribution in [0.1, 0.15) is 142 Å². The van der Waals surface area contributed by atoms with Crippen molar-refractivity contribution in [2.45, 2.75) is 223 Å². The van der Waals surface area contributed by atoms with Crippen LogP contribution in [0.15, 0.2) is 141 Å². The van der Waals surface area contributed by atoms with Gasteiger partial charge in [0, 0.05) is 191 Å². The molecule has 0 N–H and O–H groups in total. The minimum Gasteiger partial charge on any atom is -0.399 e. The fourth-order valence-corrected chi connectivity index (χ4v) is 17.6. The van der Waals surface area contributed by atoms with Crippen molar-refractivity contribution in [3.63, 3.8) is 0 Å². The average Bonchev–Trinajstić information content (AvgIpc) is 1.61. The Hall–Kier alpha value is -6.28.